The Bertz CT molecular complexity index is 521. The summed E-state index contributed by atoms with van der Waals surface area (Å²) in [6.07, 6.45) is 7.06. The number of hydrogen-bond donors (Lipinski definition) is 1. The number of rotatable bonds is 10. The summed E-state index contributed by atoms with van der Waals surface area (Å²) >= 11 is 0. The number of anilines is 1. The van der Waals surface area contributed by atoms with Crippen LogP contribution in [-0.4, -0.2) is 49.6 Å². The molecule has 1 aromatic carbocycles. The van der Waals surface area contributed by atoms with Crippen LogP contribution in [0.2, 0.25) is 0 Å². The van der Waals surface area contributed by atoms with Crippen molar-refractivity contribution in [1.29, 1.82) is 0 Å². The number of likely N-dealkylation sites (tertiary alicyclic amines) is 1. The Morgan fingerprint density at radius 2 is 1.73 bits per heavy atom. The molecule has 0 aromatic heterocycles. The van der Waals surface area contributed by atoms with Crippen molar-refractivity contribution in [1.82, 2.24) is 10.2 Å². The van der Waals surface area contributed by atoms with Gasteiger partial charge in [-0.25, -0.2) is 0 Å². The summed E-state index contributed by atoms with van der Waals surface area (Å²) in [4.78, 5) is 17.4. The Kier molecular flexibility index (Phi) is 8.96. The van der Waals surface area contributed by atoms with E-state index in [1.54, 1.807) is 0 Å². The highest BCUT2D eigenvalue weighted by atomic mass is 16.1. The van der Waals surface area contributed by atoms with Gasteiger partial charge in [-0.05, 0) is 63.4 Å². The molecule has 4 heteroatoms. The minimum atomic E-state index is 0.0696. The molecule has 1 aromatic rings. The van der Waals surface area contributed by atoms with Gasteiger partial charge in [0.15, 0.2) is 0 Å². The minimum Gasteiger partial charge on any atom is -0.372 e. The van der Waals surface area contributed by atoms with Crippen molar-refractivity contribution in [2.24, 2.45) is 0 Å². The zero-order chi connectivity index (χ0) is 18.8. The second-order valence-corrected chi connectivity index (χ2v) is 7.42. The topological polar surface area (TPSA) is 35.6 Å². The fourth-order valence-electron chi connectivity index (χ4n) is 3.59. The van der Waals surface area contributed by atoms with E-state index in [-0.39, 0.29) is 5.91 Å². The summed E-state index contributed by atoms with van der Waals surface area (Å²) in [5.41, 5.74) is 1.98. The Morgan fingerprint density at radius 1 is 1.08 bits per heavy atom. The summed E-state index contributed by atoms with van der Waals surface area (Å²) in [7, 11) is 0. The van der Waals surface area contributed by atoms with Gasteiger partial charge in [-0.2, -0.15) is 0 Å². The maximum atomic E-state index is 12.6. The largest absolute Gasteiger partial charge is 0.372 e. The molecule has 0 aliphatic carbocycles. The summed E-state index contributed by atoms with van der Waals surface area (Å²) in [6, 6.07) is 8.42. The average molecular weight is 360 g/mol. The highest BCUT2D eigenvalue weighted by Crippen LogP contribution is 2.17. The summed E-state index contributed by atoms with van der Waals surface area (Å²) in [5.74, 6) is 0.0696. The quantitative estimate of drug-likeness (QED) is 0.676. The van der Waals surface area contributed by atoms with E-state index in [1.807, 2.05) is 12.1 Å². The molecule has 0 saturated carbocycles. The van der Waals surface area contributed by atoms with Gasteiger partial charge in [0.2, 0.25) is 0 Å². The highest BCUT2D eigenvalue weighted by molar-refractivity contribution is 5.94. The van der Waals surface area contributed by atoms with Crippen LogP contribution < -0.4 is 10.2 Å². The number of unbranched alkanes of at least 4 members (excludes halogenated alkanes) is 2. The van der Waals surface area contributed by atoms with Gasteiger partial charge < -0.3 is 15.1 Å². The fourth-order valence-corrected chi connectivity index (χ4v) is 3.59. The van der Waals surface area contributed by atoms with E-state index in [1.165, 1.54) is 37.9 Å². The van der Waals surface area contributed by atoms with Gasteiger partial charge >= 0.3 is 0 Å². The van der Waals surface area contributed by atoms with Crippen molar-refractivity contribution in [2.75, 3.05) is 37.6 Å². The molecule has 0 bridgehead atoms. The lowest BCUT2D eigenvalue weighted by atomic mass is 10.0. The summed E-state index contributed by atoms with van der Waals surface area (Å²) < 4.78 is 0. The smallest absolute Gasteiger partial charge is 0.251 e. The molecular weight excluding hydrogens is 322 g/mol. The summed E-state index contributed by atoms with van der Waals surface area (Å²) in [5, 5.41) is 3.23. The lowest BCUT2D eigenvalue weighted by molar-refractivity contribution is 0.0911. The Labute approximate surface area is 159 Å². The van der Waals surface area contributed by atoms with Crippen molar-refractivity contribution < 1.29 is 4.79 Å². The zero-order valence-electron chi connectivity index (χ0n) is 17.0. The van der Waals surface area contributed by atoms with Crippen LogP contribution in [0.5, 0.6) is 0 Å². The van der Waals surface area contributed by atoms with Crippen LogP contribution in [0.25, 0.3) is 0 Å². The second-order valence-electron chi connectivity index (χ2n) is 7.42. The standard InChI is InChI=1S/C22H37N3O/c1-4-7-15-24-17-13-20(14-18-24)23-22(26)19-9-11-21(12-10-19)25(6-3)16-8-5-2/h9-12,20H,4-8,13-18H2,1-3H3,(H,23,26). The molecule has 0 radical (unpaired) electrons. The SMILES string of the molecule is CCCCN1CCC(NC(=O)c2ccc(N(CC)CCCC)cc2)CC1. The third-order valence-corrected chi connectivity index (χ3v) is 5.41. The van der Waals surface area contributed by atoms with Gasteiger partial charge in [0.1, 0.15) is 0 Å². The van der Waals surface area contributed by atoms with Crippen LogP contribution in [0.15, 0.2) is 24.3 Å². The minimum absolute atomic E-state index is 0.0696. The molecule has 26 heavy (non-hydrogen) atoms. The number of nitrogens with one attached hydrogen (secondary N) is 1. The maximum absolute atomic E-state index is 12.6. The average Bonchev–Trinajstić information content (AvgIpc) is 2.68. The number of carbonyl (C=O) groups is 1. The van der Waals surface area contributed by atoms with Gasteiger partial charge in [-0.15, -0.1) is 0 Å². The van der Waals surface area contributed by atoms with Crippen molar-refractivity contribution in [3.63, 3.8) is 0 Å². The number of nitrogens with zero attached hydrogens (tertiary/aromatic N) is 2. The second kappa shape index (κ2) is 11.2. The number of piperidine rings is 1. The monoisotopic (exact) mass is 359 g/mol. The molecule has 0 atom stereocenters. The van der Waals surface area contributed by atoms with E-state index in [9.17, 15) is 4.79 Å². The van der Waals surface area contributed by atoms with Crippen molar-refractivity contribution >= 4 is 11.6 Å². The third-order valence-electron chi connectivity index (χ3n) is 5.41. The van der Waals surface area contributed by atoms with Crippen molar-refractivity contribution in [3.8, 4) is 0 Å². The first-order valence-corrected chi connectivity index (χ1v) is 10.6. The Balaban J connectivity index is 1.82. The fraction of sp³-hybridized carbons (Fsp3) is 0.682. The van der Waals surface area contributed by atoms with Gasteiger partial charge in [0, 0.05) is 43.5 Å². The molecule has 1 N–H and O–H groups in total. The van der Waals surface area contributed by atoms with Crippen molar-refractivity contribution in [2.45, 2.75) is 65.3 Å². The predicted octanol–water partition coefficient (Wildman–Crippen LogP) is 4.31. The van der Waals surface area contributed by atoms with E-state index < -0.39 is 0 Å². The molecule has 4 nitrogen and oxygen atoms in total. The molecule has 1 saturated heterocycles. The third kappa shape index (κ3) is 6.31. The Hall–Kier alpha value is -1.55. The Morgan fingerprint density at radius 3 is 2.31 bits per heavy atom. The number of benzene rings is 1. The number of carbonyl (C=O) groups excluding carboxylic acids is 1. The lowest BCUT2D eigenvalue weighted by Gasteiger charge is -2.32. The molecule has 1 aliphatic heterocycles. The first-order chi connectivity index (χ1) is 12.7. The maximum Gasteiger partial charge on any atom is 0.251 e. The van der Waals surface area contributed by atoms with Crippen LogP contribution in [0.1, 0.15) is 69.7 Å². The van der Waals surface area contributed by atoms with Crippen LogP contribution in [0.4, 0.5) is 5.69 Å². The van der Waals surface area contributed by atoms with E-state index in [0.29, 0.717) is 6.04 Å². The van der Waals surface area contributed by atoms with Gasteiger partial charge in [-0.3, -0.25) is 4.79 Å². The molecule has 1 amide bonds. The van der Waals surface area contributed by atoms with Crippen LogP contribution >= 0.6 is 0 Å². The molecule has 0 spiro atoms. The van der Waals surface area contributed by atoms with Crippen LogP contribution in [0.3, 0.4) is 0 Å². The molecule has 2 rings (SSSR count). The first-order valence-electron chi connectivity index (χ1n) is 10.6. The van der Waals surface area contributed by atoms with E-state index >= 15 is 0 Å². The van der Waals surface area contributed by atoms with E-state index in [0.717, 1.165) is 44.6 Å². The van der Waals surface area contributed by atoms with E-state index in [2.05, 4.69) is 48.0 Å². The lowest BCUT2D eigenvalue weighted by Crippen LogP contribution is -2.44. The van der Waals surface area contributed by atoms with Gasteiger partial charge in [0.05, 0.1) is 0 Å². The van der Waals surface area contributed by atoms with Crippen LogP contribution in [0, 0.1) is 0 Å². The molecule has 1 heterocycles. The van der Waals surface area contributed by atoms with Crippen molar-refractivity contribution in [3.05, 3.63) is 29.8 Å². The molecule has 1 fully saturated rings. The normalized spacial score (nSPS) is 15.8. The van der Waals surface area contributed by atoms with Gasteiger partial charge in [0.25, 0.3) is 5.91 Å². The number of amides is 1. The molecule has 146 valence electrons. The van der Waals surface area contributed by atoms with Gasteiger partial charge in [-0.1, -0.05) is 26.7 Å². The molecular formula is C22H37N3O. The highest BCUT2D eigenvalue weighted by Gasteiger charge is 2.20. The molecule has 1 aliphatic rings. The van der Waals surface area contributed by atoms with Crippen LogP contribution in [-0.2, 0) is 0 Å². The number of hydrogen-bond acceptors (Lipinski definition) is 3. The summed E-state index contributed by atoms with van der Waals surface area (Å²) in [6.45, 7) is 12.1. The zero-order valence-corrected chi connectivity index (χ0v) is 17.0. The molecule has 0 unspecified atom stereocenters. The predicted molar refractivity (Wildman–Crippen MR) is 111 cm³/mol. The van der Waals surface area contributed by atoms with E-state index in [4.69, 9.17) is 0 Å². The first kappa shape index (κ1) is 20.8.